The quantitative estimate of drug-likeness (QED) is 0.822. The van der Waals surface area contributed by atoms with Crippen LogP contribution in [0.1, 0.15) is 25.3 Å². The molecule has 0 aliphatic rings. The van der Waals surface area contributed by atoms with Gasteiger partial charge in [0.1, 0.15) is 0 Å². The molecule has 0 aromatic heterocycles. The number of benzene rings is 2. The van der Waals surface area contributed by atoms with Crippen molar-refractivity contribution in [2.45, 2.75) is 29.6 Å². The molecule has 0 amide bonds. The lowest BCUT2D eigenvalue weighted by atomic mass is 10.0. The molecule has 0 bridgehead atoms. The zero-order valence-electron chi connectivity index (χ0n) is 12.8. The molecule has 2 aromatic carbocycles. The monoisotopic (exact) mass is 303 g/mol. The van der Waals surface area contributed by atoms with Gasteiger partial charge in [0.15, 0.2) is 11.5 Å². The van der Waals surface area contributed by atoms with Crippen LogP contribution in [0.25, 0.3) is 0 Å². The maximum Gasteiger partial charge on any atom is 0.162 e. The van der Waals surface area contributed by atoms with Crippen molar-refractivity contribution in [3.8, 4) is 11.5 Å². The van der Waals surface area contributed by atoms with E-state index in [2.05, 4.69) is 38.1 Å². The van der Waals surface area contributed by atoms with E-state index < -0.39 is 0 Å². The van der Waals surface area contributed by atoms with Crippen LogP contribution < -0.4 is 15.2 Å². The van der Waals surface area contributed by atoms with Crippen LogP contribution in [0.5, 0.6) is 11.5 Å². The Morgan fingerprint density at radius 1 is 0.952 bits per heavy atom. The van der Waals surface area contributed by atoms with E-state index in [-0.39, 0.29) is 0 Å². The lowest BCUT2D eigenvalue weighted by Crippen LogP contribution is -1.95. The van der Waals surface area contributed by atoms with E-state index in [0.717, 1.165) is 9.79 Å². The second-order valence-corrected chi connectivity index (χ2v) is 6.19. The second-order valence-electron chi connectivity index (χ2n) is 5.07. The number of methoxy groups -OCH3 is 2. The van der Waals surface area contributed by atoms with Gasteiger partial charge in [0.2, 0.25) is 0 Å². The highest BCUT2D eigenvalue weighted by Gasteiger charge is 2.10. The summed E-state index contributed by atoms with van der Waals surface area (Å²) in [5, 5.41) is 0. The molecule has 2 aromatic rings. The molecule has 0 aliphatic carbocycles. The van der Waals surface area contributed by atoms with E-state index in [1.54, 1.807) is 32.0 Å². The molecule has 0 aliphatic heterocycles. The molecule has 21 heavy (non-hydrogen) atoms. The van der Waals surface area contributed by atoms with E-state index in [1.807, 2.05) is 6.07 Å². The number of rotatable bonds is 5. The molecule has 0 radical (unpaired) electrons. The van der Waals surface area contributed by atoms with Crippen LogP contribution in [0.2, 0.25) is 0 Å². The highest BCUT2D eigenvalue weighted by molar-refractivity contribution is 7.99. The van der Waals surface area contributed by atoms with Gasteiger partial charge in [-0.3, -0.25) is 0 Å². The molecule has 0 heterocycles. The van der Waals surface area contributed by atoms with Crippen LogP contribution in [0.3, 0.4) is 0 Å². The number of nitrogens with two attached hydrogens (primary N) is 1. The molecule has 4 heteroatoms. The van der Waals surface area contributed by atoms with Crippen molar-refractivity contribution in [3.63, 3.8) is 0 Å². The Balaban J connectivity index is 2.26. The number of anilines is 1. The Kier molecular flexibility index (Phi) is 5.02. The third kappa shape index (κ3) is 3.64. The number of ether oxygens (including phenoxy) is 2. The van der Waals surface area contributed by atoms with Gasteiger partial charge in [-0.2, -0.15) is 0 Å². The first-order valence-electron chi connectivity index (χ1n) is 6.84. The average molecular weight is 303 g/mol. The fraction of sp³-hybridized carbons (Fsp3) is 0.294. The van der Waals surface area contributed by atoms with Gasteiger partial charge in [0.25, 0.3) is 0 Å². The van der Waals surface area contributed by atoms with Gasteiger partial charge in [-0.25, -0.2) is 0 Å². The SMILES string of the molecule is COc1cc(N)c(Sc2ccc(C(C)C)cc2)cc1OC. The number of hydrogen-bond acceptors (Lipinski definition) is 4. The summed E-state index contributed by atoms with van der Waals surface area (Å²) in [5.41, 5.74) is 8.11. The molecule has 0 saturated carbocycles. The van der Waals surface area contributed by atoms with Gasteiger partial charge in [0, 0.05) is 21.5 Å². The summed E-state index contributed by atoms with van der Waals surface area (Å²) in [7, 11) is 3.23. The van der Waals surface area contributed by atoms with Crippen LogP contribution in [-0.4, -0.2) is 14.2 Å². The first-order valence-corrected chi connectivity index (χ1v) is 7.66. The molecular weight excluding hydrogens is 282 g/mol. The fourth-order valence-corrected chi connectivity index (χ4v) is 2.88. The third-order valence-electron chi connectivity index (χ3n) is 3.29. The minimum atomic E-state index is 0.537. The maximum atomic E-state index is 6.09. The van der Waals surface area contributed by atoms with E-state index in [4.69, 9.17) is 15.2 Å². The third-order valence-corrected chi connectivity index (χ3v) is 4.37. The number of hydrogen-bond donors (Lipinski definition) is 1. The van der Waals surface area contributed by atoms with Crippen LogP contribution in [-0.2, 0) is 0 Å². The minimum absolute atomic E-state index is 0.537. The lowest BCUT2D eigenvalue weighted by molar-refractivity contribution is 0.354. The molecule has 3 nitrogen and oxygen atoms in total. The molecule has 2 N–H and O–H groups in total. The van der Waals surface area contributed by atoms with Gasteiger partial charge in [-0.15, -0.1) is 0 Å². The normalized spacial score (nSPS) is 10.7. The Labute approximate surface area is 130 Å². The summed E-state index contributed by atoms with van der Waals surface area (Å²) >= 11 is 1.62. The zero-order chi connectivity index (χ0) is 15.4. The Hall–Kier alpha value is -1.81. The molecule has 0 unspecified atom stereocenters. The zero-order valence-corrected chi connectivity index (χ0v) is 13.7. The van der Waals surface area contributed by atoms with E-state index >= 15 is 0 Å². The Bertz CT molecular complexity index is 609. The summed E-state index contributed by atoms with van der Waals surface area (Å²) in [5.74, 6) is 1.87. The topological polar surface area (TPSA) is 44.5 Å². The second kappa shape index (κ2) is 6.76. The van der Waals surface area contributed by atoms with E-state index in [1.165, 1.54) is 5.56 Å². The average Bonchev–Trinajstić information content (AvgIpc) is 2.49. The summed E-state index contributed by atoms with van der Waals surface area (Å²) in [4.78, 5) is 2.11. The maximum absolute atomic E-state index is 6.09. The van der Waals surface area contributed by atoms with Crippen molar-refractivity contribution in [1.29, 1.82) is 0 Å². The summed E-state index contributed by atoms with van der Waals surface area (Å²) < 4.78 is 10.6. The molecule has 2 rings (SSSR count). The largest absolute Gasteiger partial charge is 0.493 e. The number of nitrogen functional groups attached to an aromatic ring is 1. The Morgan fingerprint density at radius 2 is 1.52 bits per heavy atom. The molecule has 0 atom stereocenters. The van der Waals surface area contributed by atoms with Crippen molar-refractivity contribution < 1.29 is 9.47 Å². The van der Waals surface area contributed by atoms with Gasteiger partial charge in [0.05, 0.1) is 14.2 Å². The predicted molar refractivity (Wildman–Crippen MR) is 88.6 cm³/mol. The first kappa shape index (κ1) is 15.6. The van der Waals surface area contributed by atoms with Crippen LogP contribution in [0.15, 0.2) is 46.2 Å². The van der Waals surface area contributed by atoms with Gasteiger partial charge in [-0.1, -0.05) is 37.7 Å². The van der Waals surface area contributed by atoms with Crippen molar-refractivity contribution >= 4 is 17.4 Å². The predicted octanol–water partition coefficient (Wildman–Crippen LogP) is 4.56. The molecule has 0 saturated heterocycles. The van der Waals surface area contributed by atoms with Crippen molar-refractivity contribution in [2.24, 2.45) is 0 Å². The summed E-state index contributed by atoms with van der Waals surface area (Å²) in [6.07, 6.45) is 0. The fourth-order valence-electron chi connectivity index (χ4n) is 2.01. The highest BCUT2D eigenvalue weighted by atomic mass is 32.2. The van der Waals surface area contributed by atoms with Crippen molar-refractivity contribution in [2.75, 3.05) is 20.0 Å². The molecular formula is C17H21NO2S. The smallest absolute Gasteiger partial charge is 0.162 e. The van der Waals surface area contributed by atoms with E-state index in [9.17, 15) is 0 Å². The first-order chi connectivity index (χ1) is 10.0. The van der Waals surface area contributed by atoms with Gasteiger partial charge < -0.3 is 15.2 Å². The summed E-state index contributed by atoms with van der Waals surface area (Å²) in [6, 6.07) is 12.3. The van der Waals surface area contributed by atoms with Crippen molar-refractivity contribution in [1.82, 2.24) is 0 Å². The van der Waals surface area contributed by atoms with E-state index in [0.29, 0.717) is 23.1 Å². The van der Waals surface area contributed by atoms with Gasteiger partial charge in [-0.05, 0) is 29.7 Å². The molecule has 112 valence electrons. The lowest BCUT2D eigenvalue weighted by Gasteiger charge is -2.12. The Morgan fingerprint density at radius 3 is 2.05 bits per heavy atom. The standard InChI is InChI=1S/C17H21NO2S/c1-11(2)12-5-7-13(8-6-12)21-17-10-16(20-4)15(19-3)9-14(17)18/h5-11H,18H2,1-4H3. The minimum Gasteiger partial charge on any atom is -0.493 e. The van der Waals surface area contributed by atoms with Gasteiger partial charge >= 0.3 is 0 Å². The summed E-state index contributed by atoms with van der Waals surface area (Å²) in [6.45, 7) is 4.38. The molecule has 0 fully saturated rings. The van der Waals surface area contributed by atoms with Crippen LogP contribution in [0.4, 0.5) is 5.69 Å². The molecule has 0 spiro atoms. The highest BCUT2D eigenvalue weighted by Crippen LogP contribution is 2.39. The van der Waals surface area contributed by atoms with Crippen molar-refractivity contribution in [3.05, 3.63) is 42.0 Å². The van der Waals surface area contributed by atoms with Crippen LogP contribution >= 0.6 is 11.8 Å². The van der Waals surface area contributed by atoms with Crippen LogP contribution in [0, 0.1) is 0 Å².